The molecule has 1 aliphatic carbocycles. The fourth-order valence-corrected chi connectivity index (χ4v) is 3.55. The first-order chi connectivity index (χ1) is 9.34. The second kappa shape index (κ2) is 6.15. The molecule has 0 saturated heterocycles. The average molecular weight is 280 g/mol. The second-order valence-corrected chi connectivity index (χ2v) is 6.28. The number of hydrogen-bond acceptors (Lipinski definition) is 2. The Kier molecular flexibility index (Phi) is 4.29. The van der Waals surface area contributed by atoms with Crippen LogP contribution < -0.4 is 10.1 Å². The Morgan fingerprint density at radius 1 is 1.16 bits per heavy atom. The summed E-state index contributed by atoms with van der Waals surface area (Å²) >= 11 is 6.48. The van der Waals surface area contributed by atoms with Crippen molar-refractivity contribution in [3.05, 3.63) is 29.8 Å². The molecule has 104 valence electrons. The van der Waals surface area contributed by atoms with Crippen LogP contribution in [0.25, 0.3) is 0 Å². The average Bonchev–Trinajstić information content (AvgIpc) is 2.73. The number of benzene rings is 1. The molecule has 1 aromatic rings. The molecule has 1 N–H and O–H groups in total. The number of ether oxygens (including phenoxy) is 1. The van der Waals surface area contributed by atoms with Crippen LogP contribution in [0.4, 0.5) is 0 Å². The summed E-state index contributed by atoms with van der Waals surface area (Å²) in [7, 11) is 0. The lowest BCUT2D eigenvalue weighted by Crippen LogP contribution is -2.39. The molecular weight excluding hydrogens is 258 g/mol. The van der Waals surface area contributed by atoms with E-state index in [0.717, 1.165) is 25.3 Å². The molecule has 1 fully saturated rings. The minimum absolute atomic E-state index is 0.292. The lowest BCUT2D eigenvalue weighted by atomic mass is 10.00. The molecule has 0 bridgehead atoms. The molecule has 19 heavy (non-hydrogen) atoms. The van der Waals surface area contributed by atoms with Crippen LogP contribution >= 0.6 is 11.6 Å². The fraction of sp³-hybridized carbons (Fsp3) is 0.625. The summed E-state index contributed by atoms with van der Waals surface area (Å²) < 4.78 is 5.73. The second-order valence-electron chi connectivity index (χ2n) is 5.71. The van der Waals surface area contributed by atoms with Crippen molar-refractivity contribution in [1.29, 1.82) is 0 Å². The van der Waals surface area contributed by atoms with Crippen LogP contribution in [0.1, 0.15) is 43.6 Å². The van der Waals surface area contributed by atoms with Crippen molar-refractivity contribution in [1.82, 2.24) is 5.32 Å². The highest BCUT2D eigenvalue weighted by Crippen LogP contribution is 2.33. The van der Waals surface area contributed by atoms with Gasteiger partial charge in [-0.05, 0) is 18.9 Å². The Balaban J connectivity index is 1.58. The van der Waals surface area contributed by atoms with Crippen LogP contribution in [0.3, 0.4) is 0 Å². The topological polar surface area (TPSA) is 21.3 Å². The smallest absolute Gasteiger partial charge is 0.122 e. The van der Waals surface area contributed by atoms with Crippen LogP contribution in [0, 0.1) is 0 Å². The van der Waals surface area contributed by atoms with Crippen molar-refractivity contribution in [2.75, 3.05) is 13.2 Å². The highest BCUT2D eigenvalue weighted by Gasteiger charge is 2.26. The standard InChI is InChI=1S/C16H22ClNO/c17-14-7-2-1-3-8-15(14)18-10-12-11-19-16-9-5-4-6-13(12)16/h4-6,9,12,14-15,18H,1-3,7-8,10-11H2. The molecule has 0 radical (unpaired) electrons. The molecule has 0 amide bonds. The van der Waals surface area contributed by atoms with Gasteiger partial charge in [-0.15, -0.1) is 11.6 Å². The molecule has 1 saturated carbocycles. The quantitative estimate of drug-likeness (QED) is 0.673. The van der Waals surface area contributed by atoms with E-state index in [9.17, 15) is 0 Å². The zero-order valence-corrected chi connectivity index (χ0v) is 12.0. The first-order valence-corrected chi connectivity index (χ1v) is 7.87. The Morgan fingerprint density at radius 2 is 2.00 bits per heavy atom. The summed E-state index contributed by atoms with van der Waals surface area (Å²) in [5.41, 5.74) is 1.34. The SMILES string of the molecule is ClC1CCCCCC1NCC1COc2ccccc21. The molecule has 0 spiro atoms. The van der Waals surface area contributed by atoms with Crippen LogP contribution in [-0.2, 0) is 0 Å². The molecule has 3 heteroatoms. The summed E-state index contributed by atoms with van der Waals surface area (Å²) in [4.78, 5) is 0. The van der Waals surface area contributed by atoms with Gasteiger partial charge in [-0.2, -0.15) is 0 Å². The van der Waals surface area contributed by atoms with Crippen molar-refractivity contribution < 1.29 is 4.74 Å². The highest BCUT2D eigenvalue weighted by molar-refractivity contribution is 6.21. The zero-order valence-electron chi connectivity index (χ0n) is 11.3. The van der Waals surface area contributed by atoms with Gasteiger partial charge in [0.1, 0.15) is 5.75 Å². The van der Waals surface area contributed by atoms with Gasteiger partial charge in [0, 0.05) is 29.4 Å². The molecule has 2 aliphatic rings. The van der Waals surface area contributed by atoms with Gasteiger partial charge >= 0.3 is 0 Å². The molecule has 1 heterocycles. The number of fused-ring (bicyclic) bond motifs is 1. The molecule has 0 aromatic heterocycles. The Hall–Kier alpha value is -0.730. The minimum atomic E-state index is 0.292. The van der Waals surface area contributed by atoms with Gasteiger partial charge in [0.25, 0.3) is 0 Å². The van der Waals surface area contributed by atoms with E-state index in [1.54, 1.807) is 0 Å². The summed E-state index contributed by atoms with van der Waals surface area (Å²) in [5, 5.41) is 3.97. The van der Waals surface area contributed by atoms with E-state index in [1.165, 1.54) is 31.2 Å². The first-order valence-electron chi connectivity index (χ1n) is 7.44. The third-order valence-corrected chi connectivity index (χ3v) is 4.88. The van der Waals surface area contributed by atoms with E-state index >= 15 is 0 Å². The maximum Gasteiger partial charge on any atom is 0.122 e. The van der Waals surface area contributed by atoms with Gasteiger partial charge in [-0.3, -0.25) is 0 Å². The third kappa shape index (κ3) is 3.06. The van der Waals surface area contributed by atoms with Crippen LogP contribution in [-0.4, -0.2) is 24.6 Å². The van der Waals surface area contributed by atoms with Crippen molar-refractivity contribution in [2.45, 2.75) is 49.4 Å². The molecule has 3 rings (SSSR count). The van der Waals surface area contributed by atoms with Crippen molar-refractivity contribution in [2.24, 2.45) is 0 Å². The van der Waals surface area contributed by atoms with E-state index in [0.29, 0.717) is 17.3 Å². The predicted molar refractivity (Wildman–Crippen MR) is 79.2 cm³/mol. The normalized spacial score (nSPS) is 30.5. The number of halogens is 1. The number of para-hydroxylation sites is 1. The van der Waals surface area contributed by atoms with Gasteiger partial charge in [0.15, 0.2) is 0 Å². The Morgan fingerprint density at radius 3 is 2.95 bits per heavy atom. The van der Waals surface area contributed by atoms with E-state index in [4.69, 9.17) is 16.3 Å². The van der Waals surface area contributed by atoms with Crippen LogP contribution in [0.2, 0.25) is 0 Å². The van der Waals surface area contributed by atoms with Gasteiger partial charge in [0.05, 0.1) is 6.61 Å². The first kappa shape index (κ1) is 13.3. The van der Waals surface area contributed by atoms with Crippen LogP contribution in [0.5, 0.6) is 5.75 Å². The van der Waals surface area contributed by atoms with Gasteiger partial charge in [-0.25, -0.2) is 0 Å². The summed E-state index contributed by atoms with van der Waals surface area (Å²) in [6.45, 7) is 1.77. The van der Waals surface area contributed by atoms with E-state index < -0.39 is 0 Å². The van der Waals surface area contributed by atoms with E-state index in [-0.39, 0.29) is 0 Å². The molecule has 3 unspecified atom stereocenters. The van der Waals surface area contributed by atoms with Crippen molar-refractivity contribution in [3.63, 3.8) is 0 Å². The van der Waals surface area contributed by atoms with Gasteiger partial charge < -0.3 is 10.1 Å². The van der Waals surface area contributed by atoms with Crippen molar-refractivity contribution in [3.8, 4) is 5.75 Å². The molecule has 1 aromatic carbocycles. The monoisotopic (exact) mass is 279 g/mol. The maximum atomic E-state index is 6.48. The lowest BCUT2D eigenvalue weighted by molar-refractivity contribution is 0.319. The lowest BCUT2D eigenvalue weighted by Gasteiger charge is -2.23. The third-order valence-electron chi connectivity index (χ3n) is 4.36. The van der Waals surface area contributed by atoms with E-state index in [2.05, 4.69) is 23.5 Å². The Bertz CT molecular complexity index is 423. The van der Waals surface area contributed by atoms with Crippen molar-refractivity contribution >= 4 is 11.6 Å². The molecule has 2 nitrogen and oxygen atoms in total. The summed E-state index contributed by atoms with van der Waals surface area (Å²) in [5.74, 6) is 1.53. The number of nitrogens with one attached hydrogen (secondary N) is 1. The molecule has 3 atom stereocenters. The summed E-state index contributed by atoms with van der Waals surface area (Å²) in [6, 6.07) is 8.84. The van der Waals surface area contributed by atoms with Crippen LogP contribution in [0.15, 0.2) is 24.3 Å². The molecular formula is C16H22ClNO. The largest absolute Gasteiger partial charge is 0.493 e. The van der Waals surface area contributed by atoms with E-state index in [1.807, 2.05) is 6.07 Å². The maximum absolute atomic E-state index is 6.48. The predicted octanol–water partition coefficient (Wildman–Crippen LogP) is 3.69. The van der Waals surface area contributed by atoms with Gasteiger partial charge in [-0.1, -0.05) is 37.5 Å². The fourth-order valence-electron chi connectivity index (χ4n) is 3.18. The van der Waals surface area contributed by atoms with Gasteiger partial charge in [0.2, 0.25) is 0 Å². The zero-order chi connectivity index (χ0) is 13.1. The number of rotatable bonds is 3. The highest BCUT2D eigenvalue weighted by atomic mass is 35.5. The Labute approximate surface area is 120 Å². The number of alkyl halides is 1. The minimum Gasteiger partial charge on any atom is -0.493 e. The summed E-state index contributed by atoms with van der Waals surface area (Å²) in [6.07, 6.45) is 6.28. The molecule has 1 aliphatic heterocycles. The number of hydrogen-bond donors (Lipinski definition) is 1.